The number of hydrogen-bond acceptors (Lipinski definition) is 2. The van der Waals surface area contributed by atoms with Crippen LogP contribution in [0.1, 0.15) is 32.3 Å². The van der Waals surface area contributed by atoms with E-state index < -0.39 is 11.7 Å². The van der Waals surface area contributed by atoms with Crippen LogP contribution in [0.4, 0.5) is 18.9 Å². The number of carbonyl (C=O) groups is 1. The SMILES string of the molecule is CCCOc1ccc(C(F)(F)F)cc1NC(=O)C1CC1C. The lowest BCUT2D eigenvalue weighted by molar-refractivity contribution is -0.137. The summed E-state index contributed by atoms with van der Waals surface area (Å²) < 4.78 is 43.7. The van der Waals surface area contributed by atoms with Crippen molar-refractivity contribution in [3.8, 4) is 5.75 Å². The number of carbonyl (C=O) groups excluding carboxylic acids is 1. The van der Waals surface area contributed by atoms with Crippen molar-refractivity contribution in [3.63, 3.8) is 0 Å². The zero-order chi connectivity index (χ0) is 15.6. The van der Waals surface area contributed by atoms with Gasteiger partial charge in [0, 0.05) is 5.92 Å². The normalized spacial score (nSPS) is 21.0. The Morgan fingerprint density at radius 1 is 1.43 bits per heavy atom. The molecule has 0 aromatic heterocycles. The standard InChI is InChI=1S/C15H18F3NO2/c1-3-6-21-13-5-4-10(15(16,17)18)8-12(13)19-14(20)11-7-9(11)2/h4-5,8-9,11H,3,6-7H2,1-2H3,(H,19,20). The van der Waals surface area contributed by atoms with Gasteiger partial charge in [0.1, 0.15) is 5.75 Å². The molecule has 6 heteroatoms. The molecule has 0 bridgehead atoms. The highest BCUT2D eigenvalue weighted by atomic mass is 19.4. The minimum Gasteiger partial charge on any atom is -0.491 e. The van der Waals surface area contributed by atoms with Crippen molar-refractivity contribution in [2.24, 2.45) is 11.8 Å². The molecule has 1 aromatic rings. The minimum atomic E-state index is -4.45. The highest BCUT2D eigenvalue weighted by Crippen LogP contribution is 2.40. The number of amides is 1. The molecule has 0 heterocycles. The fourth-order valence-corrected chi connectivity index (χ4v) is 2.05. The largest absolute Gasteiger partial charge is 0.491 e. The molecular formula is C15H18F3NO2. The summed E-state index contributed by atoms with van der Waals surface area (Å²) in [6, 6.07) is 3.14. The van der Waals surface area contributed by atoms with Gasteiger partial charge >= 0.3 is 6.18 Å². The maximum atomic E-state index is 12.8. The van der Waals surface area contributed by atoms with E-state index in [1.54, 1.807) is 0 Å². The van der Waals surface area contributed by atoms with Crippen molar-refractivity contribution in [2.45, 2.75) is 32.9 Å². The number of alkyl halides is 3. The number of ether oxygens (including phenoxy) is 1. The van der Waals surface area contributed by atoms with Crippen LogP contribution in [-0.4, -0.2) is 12.5 Å². The van der Waals surface area contributed by atoms with E-state index in [-0.39, 0.29) is 29.2 Å². The Kier molecular flexibility index (Phi) is 4.44. The summed E-state index contributed by atoms with van der Waals surface area (Å²) in [5.41, 5.74) is -0.715. The first-order valence-electron chi connectivity index (χ1n) is 6.97. The van der Waals surface area contributed by atoms with Crippen molar-refractivity contribution in [3.05, 3.63) is 23.8 Å². The van der Waals surface area contributed by atoms with Gasteiger partial charge in [-0.2, -0.15) is 13.2 Å². The van der Waals surface area contributed by atoms with Gasteiger partial charge in [-0.25, -0.2) is 0 Å². The third kappa shape index (κ3) is 3.89. The molecule has 3 nitrogen and oxygen atoms in total. The van der Waals surface area contributed by atoms with Crippen LogP contribution in [0.25, 0.3) is 0 Å². The van der Waals surface area contributed by atoms with Crippen molar-refractivity contribution in [2.75, 3.05) is 11.9 Å². The lowest BCUT2D eigenvalue weighted by Gasteiger charge is -2.15. The number of rotatable bonds is 5. The van der Waals surface area contributed by atoms with Crippen LogP contribution in [0.15, 0.2) is 18.2 Å². The van der Waals surface area contributed by atoms with Crippen LogP contribution in [0.5, 0.6) is 5.75 Å². The minimum absolute atomic E-state index is 0.0855. The molecule has 0 spiro atoms. The summed E-state index contributed by atoms with van der Waals surface area (Å²) in [6.07, 6.45) is -2.94. The Labute approximate surface area is 121 Å². The van der Waals surface area contributed by atoms with E-state index >= 15 is 0 Å². The van der Waals surface area contributed by atoms with Gasteiger partial charge in [0.05, 0.1) is 17.9 Å². The maximum Gasteiger partial charge on any atom is 0.416 e. The Bertz CT molecular complexity index is 528. The van der Waals surface area contributed by atoms with Crippen molar-refractivity contribution >= 4 is 11.6 Å². The molecule has 0 saturated heterocycles. The molecule has 116 valence electrons. The second-order valence-electron chi connectivity index (χ2n) is 5.37. The lowest BCUT2D eigenvalue weighted by Crippen LogP contribution is -2.16. The number of nitrogens with one attached hydrogen (secondary N) is 1. The quantitative estimate of drug-likeness (QED) is 0.889. The average Bonchev–Trinajstić information content (AvgIpc) is 3.13. The van der Waals surface area contributed by atoms with Crippen LogP contribution in [0.2, 0.25) is 0 Å². The molecular weight excluding hydrogens is 283 g/mol. The molecule has 0 aliphatic heterocycles. The predicted molar refractivity (Wildman–Crippen MR) is 73.1 cm³/mol. The van der Waals surface area contributed by atoms with Crippen LogP contribution in [-0.2, 0) is 11.0 Å². The second kappa shape index (κ2) is 5.95. The molecule has 1 aliphatic rings. The highest BCUT2D eigenvalue weighted by molar-refractivity contribution is 5.95. The Hall–Kier alpha value is -1.72. The Morgan fingerprint density at radius 3 is 2.62 bits per heavy atom. The zero-order valence-electron chi connectivity index (χ0n) is 12.0. The van der Waals surface area contributed by atoms with Crippen molar-refractivity contribution < 1.29 is 22.7 Å². The van der Waals surface area contributed by atoms with E-state index in [1.165, 1.54) is 6.07 Å². The zero-order valence-corrected chi connectivity index (χ0v) is 12.0. The van der Waals surface area contributed by atoms with E-state index in [2.05, 4.69) is 5.32 Å². The van der Waals surface area contributed by atoms with Gasteiger partial charge in [-0.15, -0.1) is 0 Å². The highest BCUT2D eigenvalue weighted by Gasteiger charge is 2.39. The summed E-state index contributed by atoms with van der Waals surface area (Å²) in [4.78, 5) is 11.9. The topological polar surface area (TPSA) is 38.3 Å². The molecule has 0 radical (unpaired) electrons. The van der Waals surface area contributed by atoms with Crippen molar-refractivity contribution in [1.29, 1.82) is 0 Å². The number of anilines is 1. The first-order valence-corrected chi connectivity index (χ1v) is 6.97. The number of benzene rings is 1. The fourth-order valence-electron chi connectivity index (χ4n) is 2.05. The van der Waals surface area contributed by atoms with Crippen LogP contribution in [0.3, 0.4) is 0 Å². The summed E-state index contributed by atoms with van der Waals surface area (Å²) >= 11 is 0. The molecule has 1 amide bonds. The summed E-state index contributed by atoms with van der Waals surface area (Å²) in [6.45, 7) is 4.22. The smallest absolute Gasteiger partial charge is 0.416 e. The monoisotopic (exact) mass is 301 g/mol. The third-order valence-electron chi connectivity index (χ3n) is 3.47. The molecule has 2 unspecified atom stereocenters. The first-order chi connectivity index (χ1) is 9.82. The second-order valence-corrected chi connectivity index (χ2v) is 5.37. The molecule has 1 saturated carbocycles. The van der Waals surface area contributed by atoms with Gasteiger partial charge in [0.15, 0.2) is 0 Å². The first kappa shape index (κ1) is 15.7. The maximum absolute atomic E-state index is 12.8. The van der Waals surface area contributed by atoms with E-state index in [1.807, 2.05) is 13.8 Å². The van der Waals surface area contributed by atoms with Gasteiger partial charge in [-0.1, -0.05) is 13.8 Å². The van der Waals surface area contributed by atoms with E-state index in [9.17, 15) is 18.0 Å². The molecule has 2 rings (SSSR count). The number of halogens is 3. The molecule has 2 atom stereocenters. The van der Waals surface area contributed by atoms with Gasteiger partial charge in [0.2, 0.25) is 5.91 Å². The third-order valence-corrected chi connectivity index (χ3v) is 3.47. The lowest BCUT2D eigenvalue weighted by atomic mass is 10.1. The van der Waals surface area contributed by atoms with Crippen LogP contribution < -0.4 is 10.1 Å². The molecule has 1 N–H and O–H groups in total. The van der Waals surface area contributed by atoms with Gasteiger partial charge in [-0.05, 0) is 37.0 Å². The fraction of sp³-hybridized carbons (Fsp3) is 0.533. The Balaban J connectivity index is 2.22. The predicted octanol–water partition coefficient (Wildman–Crippen LogP) is 4.09. The van der Waals surface area contributed by atoms with Gasteiger partial charge < -0.3 is 10.1 Å². The number of hydrogen-bond donors (Lipinski definition) is 1. The van der Waals surface area contributed by atoms with Gasteiger partial charge in [0.25, 0.3) is 0 Å². The Morgan fingerprint density at radius 2 is 2.10 bits per heavy atom. The van der Waals surface area contributed by atoms with E-state index in [4.69, 9.17) is 4.74 Å². The van der Waals surface area contributed by atoms with E-state index in [0.29, 0.717) is 6.61 Å². The summed E-state index contributed by atoms with van der Waals surface area (Å²) in [5, 5.41) is 2.56. The molecule has 1 aliphatic carbocycles. The van der Waals surface area contributed by atoms with Crippen LogP contribution in [0, 0.1) is 11.8 Å². The summed E-state index contributed by atoms with van der Waals surface area (Å²) in [7, 11) is 0. The molecule has 21 heavy (non-hydrogen) atoms. The van der Waals surface area contributed by atoms with Crippen LogP contribution >= 0.6 is 0 Å². The molecule has 1 aromatic carbocycles. The van der Waals surface area contributed by atoms with Gasteiger partial charge in [-0.3, -0.25) is 4.79 Å². The van der Waals surface area contributed by atoms with Crippen molar-refractivity contribution in [1.82, 2.24) is 0 Å². The van der Waals surface area contributed by atoms with E-state index in [0.717, 1.165) is 25.0 Å². The average molecular weight is 301 g/mol. The summed E-state index contributed by atoms with van der Waals surface area (Å²) in [5.74, 6) is 0.198. The molecule has 1 fully saturated rings.